The van der Waals surface area contributed by atoms with Crippen LogP contribution in [0.1, 0.15) is 0 Å². The zero-order valence-electron chi connectivity index (χ0n) is 44.6. The van der Waals surface area contributed by atoms with Crippen molar-refractivity contribution >= 4 is 101 Å². The average Bonchev–Trinajstić information content (AvgIpc) is 3.68. The molecule has 12 heteroatoms. The summed E-state index contributed by atoms with van der Waals surface area (Å²) >= 11 is 24.2. The van der Waals surface area contributed by atoms with Gasteiger partial charge < -0.3 is 0 Å². The van der Waals surface area contributed by atoms with E-state index in [2.05, 4.69) is 137 Å². The zero-order valence-corrected chi connectivity index (χ0v) is 47.7. The molecule has 0 aliphatic heterocycles. The normalized spacial score (nSPS) is 10.9. The van der Waals surface area contributed by atoms with Crippen molar-refractivity contribution in [2.24, 2.45) is 0 Å². The molecule has 15 aromatic rings. The number of rotatable bonds is 6. The molecule has 4 heterocycles. The van der Waals surface area contributed by atoms with Gasteiger partial charge in [0.2, 0.25) is 21.1 Å². The van der Waals surface area contributed by atoms with Gasteiger partial charge in [0.25, 0.3) is 0 Å². The van der Waals surface area contributed by atoms with Crippen molar-refractivity contribution in [1.82, 2.24) is 39.9 Å². The Morgan fingerprint density at radius 2 is 0.452 bits per heavy atom. The van der Waals surface area contributed by atoms with Gasteiger partial charge in [-0.3, -0.25) is 0 Å². The van der Waals surface area contributed by atoms with Crippen molar-refractivity contribution in [3.05, 3.63) is 300 Å². The molecule has 0 aliphatic carbocycles. The number of aromatic nitrogens is 8. The summed E-state index contributed by atoms with van der Waals surface area (Å²) in [6, 6.07) is 93.5. The van der Waals surface area contributed by atoms with Gasteiger partial charge in [-0.15, -0.1) is 0 Å². The van der Waals surface area contributed by atoms with Gasteiger partial charge in [0, 0.05) is 43.8 Å². The van der Waals surface area contributed by atoms with E-state index in [1.54, 1.807) is 0 Å². The molecule has 0 unspecified atom stereocenters. The fourth-order valence-electron chi connectivity index (χ4n) is 9.93. The fourth-order valence-corrected chi connectivity index (χ4v) is 10.6. The van der Waals surface area contributed by atoms with Crippen molar-refractivity contribution in [1.29, 1.82) is 0 Å². The lowest BCUT2D eigenvalue weighted by Crippen LogP contribution is -1.91. The molecule has 0 radical (unpaired) electrons. The molecular weight excluding hydrogens is 1120 g/mol. The van der Waals surface area contributed by atoms with Crippen LogP contribution in [0.15, 0.2) is 279 Å². The van der Waals surface area contributed by atoms with Crippen LogP contribution in [0.4, 0.5) is 0 Å². The minimum Gasteiger partial charge on any atom is -0.218 e. The number of hydrogen-bond donors (Lipinski definition) is 0. The standard InChI is InChI=1S/2C20H13ClN2.C18H11ClN2.C14H9ClN2/c21-20-22-18-12-5-4-11-17(18)19(23-20)16-10-6-9-15(13-16)14-7-2-1-3-8-14;21-20-22-18-9-5-4-8-17(18)19(23-20)16-12-10-15(11-13-16)14-6-2-1-3-7-14;19-18-20-16-8-4-3-7-15(16)17(21-18)14-10-9-12-5-1-2-6-13(12)11-14;15-14-16-12-9-5-4-8-11(12)13(17-14)10-6-2-1-3-7-10/h2*1-13H;1-11H;1-9H. The van der Waals surface area contributed by atoms with Crippen LogP contribution in [0.5, 0.6) is 0 Å². The highest BCUT2D eigenvalue weighted by Gasteiger charge is 2.13. The Balaban J connectivity index is 0.000000111. The van der Waals surface area contributed by atoms with Crippen molar-refractivity contribution < 1.29 is 0 Å². The Morgan fingerprint density at radius 3 is 0.893 bits per heavy atom. The third-order valence-corrected chi connectivity index (χ3v) is 14.6. The number of halogens is 4. The monoisotopic (exact) mass is 1160 g/mol. The first-order valence-electron chi connectivity index (χ1n) is 26.8. The average molecular weight is 1170 g/mol. The Kier molecular flexibility index (Phi) is 16.7. The summed E-state index contributed by atoms with van der Waals surface area (Å²) in [7, 11) is 0. The van der Waals surface area contributed by atoms with Crippen molar-refractivity contribution in [2.45, 2.75) is 0 Å². The molecule has 0 spiro atoms. The third kappa shape index (κ3) is 12.6. The van der Waals surface area contributed by atoms with E-state index >= 15 is 0 Å². The lowest BCUT2D eigenvalue weighted by Gasteiger charge is -2.08. The maximum absolute atomic E-state index is 6.11. The largest absolute Gasteiger partial charge is 0.223 e. The Labute approximate surface area is 504 Å². The summed E-state index contributed by atoms with van der Waals surface area (Å²) in [6.45, 7) is 0. The molecule has 8 nitrogen and oxygen atoms in total. The van der Waals surface area contributed by atoms with Crippen LogP contribution in [0, 0.1) is 0 Å². The van der Waals surface area contributed by atoms with E-state index in [0.717, 1.165) is 94.2 Å². The molecule has 0 amide bonds. The number of para-hydroxylation sites is 4. The third-order valence-electron chi connectivity index (χ3n) is 13.9. The van der Waals surface area contributed by atoms with Gasteiger partial charge in [-0.1, -0.05) is 243 Å². The predicted octanol–water partition coefficient (Wildman–Crippen LogP) is 20.3. The molecule has 402 valence electrons. The molecule has 0 fully saturated rings. The summed E-state index contributed by atoms with van der Waals surface area (Å²) in [4.78, 5) is 34.7. The summed E-state index contributed by atoms with van der Waals surface area (Å²) in [5.41, 5.74) is 15.8. The highest BCUT2D eigenvalue weighted by molar-refractivity contribution is 6.30. The molecule has 0 atom stereocenters. The summed E-state index contributed by atoms with van der Waals surface area (Å²) in [6.07, 6.45) is 0. The fraction of sp³-hybridized carbons (Fsp3) is 0. The van der Waals surface area contributed by atoms with Crippen LogP contribution in [-0.2, 0) is 0 Å². The number of nitrogens with zero attached hydrogens (tertiary/aromatic N) is 8. The maximum Gasteiger partial charge on any atom is 0.223 e. The molecule has 0 N–H and O–H groups in total. The van der Waals surface area contributed by atoms with Gasteiger partial charge >= 0.3 is 0 Å². The topological polar surface area (TPSA) is 103 Å². The van der Waals surface area contributed by atoms with Gasteiger partial charge in [-0.25, -0.2) is 39.9 Å². The lowest BCUT2D eigenvalue weighted by atomic mass is 10.00. The molecule has 11 aromatic carbocycles. The first-order valence-corrected chi connectivity index (χ1v) is 28.3. The van der Waals surface area contributed by atoms with Crippen LogP contribution >= 0.6 is 46.4 Å². The molecule has 0 saturated heterocycles. The molecule has 0 aliphatic rings. The minimum absolute atomic E-state index is 0.267. The number of hydrogen-bond acceptors (Lipinski definition) is 8. The van der Waals surface area contributed by atoms with E-state index in [1.807, 2.05) is 182 Å². The molecule has 0 saturated carbocycles. The van der Waals surface area contributed by atoms with Crippen molar-refractivity contribution in [3.63, 3.8) is 0 Å². The zero-order chi connectivity index (χ0) is 57.2. The molecule has 0 bridgehead atoms. The van der Waals surface area contributed by atoms with Crippen LogP contribution in [0.3, 0.4) is 0 Å². The van der Waals surface area contributed by atoms with Gasteiger partial charge in [-0.2, -0.15) is 0 Å². The highest BCUT2D eigenvalue weighted by atomic mass is 35.5. The van der Waals surface area contributed by atoms with E-state index < -0.39 is 0 Å². The van der Waals surface area contributed by atoms with Crippen LogP contribution in [0.2, 0.25) is 21.1 Å². The first-order chi connectivity index (χ1) is 41.3. The highest BCUT2D eigenvalue weighted by Crippen LogP contribution is 2.34. The summed E-state index contributed by atoms with van der Waals surface area (Å²) in [5.74, 6) is 0. The lowest BCUT2D eigenvalue weighted by molar-refractivity contribution is 1.22. The molecule has 84 heavy (non-hydrogen) atoms. The van der Waals surface area contributed by atoms with Crippen LogP contribution < -0.4 is 0 Å². The van der Waals surface area contributed by atoms with E-state index in [9.17, 15) is 0 Å². The summed E-state index contributed by atoms with van der Waals surface area (Å²) < 4.78 is 0. The first kappa shape index (κ1) is 54.8. The quantitative estimate of drug-likeness (QED) is 0.152. The van der Waals surface area contributed by atoms with Crippen LogP contribution in [-0.4, -0.2) is 39.9 Å². The van der Waals surface area contributed by atoms with Gasteiger partial charge in [0.1, 0.15) is 0 Å². The van der Waals surface area contributed by atoms with Crippen molar-refractivity contribution in [2.75, 3.05) is 0 Å². The second-order valence-electron chi connectivity index (χ2n) is 19.3. The number of benzene rings is 11. The Morgan fingerprint density at radius 1 is 0.179 bits per heavy atom. The van der Waals surface area contributed by atoms with E-state index in [-0.39, 0.29) is 21.1 Å². The van der Waals surface area contributed by atoms with E-state index in [0.29, 0.717) is 0 Å². The predicted molar refractivity (Wildman–Crippen MR) is 348 cm³/mol. The van der Waals surface area contributed by atoms with E-state index in [4.69, 9.17) is 46.4 Å². The minimum atomic E-state index is 0.267. The SMILES string of the molecule is Clc1nc(-c2ccc(-c3ccccc3)cc2)c2ccccc2n1.Clc1nc(-c2ccc3ccccc3c2)c2ccccc2n1.Clc1nc(-c2cccc(-c3ccccc3)c2)c2ccccc2n1.Clc1nc(-c2ccccc2)c2ccccc2n1. The number of fused-ring (bicyclic) bond motifs is 5. The van der Waals surface area contributed by atoms with Gasteiger partial charge in [0.15, 0.2) is 0 Å². The second-order valence-corrected chi connectivity index (χ2v) is 20.6. The maximum atomic E-state index is 6.11. The Hall–Kier alpha value is -9.80. The summed E-state index contributed by atoms with van der Waals surface area (Å²) in [5, 5.41) is 7.53. The Bertz CT molecular complexity index is 4790. The van der Waals surface area contributed by atoms with Crippen molar-refractivity contribution in [3.8, 4) is 67.3 Å². The van der Waals surface area contributed by atoms with Crippen LogP contribution in [0.25, 0.3) is 122 Å². The molecule has 4 aromatic heterocycles. The molecule has 15 rings (SSSR count). The molecular formula is C72H46Cl4N8. The van der Waals surface area contributed by atoms with Gasteiger partial charge in [-0.05, 0) is 116 Å². The van der Waals surface area contributed by atoms with E-state index in [1.165, 1.54) is 27.5 Å². The van der Waals surface area contributed by atoms with Gasteiger partial charge in [0.05, 0.1) is 44.8 Å². The smallest absolute Gasteiger partial charge is 0.218 e. The second kappa shape index (κ2) is 25.6.